The van der Waals surface area contributed by atoms with Crippen LogP contribution in [0.15, 0.2) is 12.3 Å². The lowest BCUT2D eigenvalue weighted by Crippen LogP contribution is -2.41. The summed E-state index contributed by atoms with van der Waals surface area (Å²) in [6.45, 7) is 0.124. The second-order valence-electron chi connectivity index (χ2n) is 4.84. The molecule has 0 aliphatic heterocycles. The highest BCUT2D eigenvalue weighted by Gasteiger charge is 2.31. The van der Waals surface area contributed by atoms with E-state index in [1.54, 1.807) is 0 Å². The maximum atomic E-state index is 11.6. The minimum Gasteiger partial charge on any atom is -0.388 e. The smallest absolute Gasteiger partial charge is 0.388 e. The van der Waals surface area contributed by atoms with Gasteiger partial charge in [-0.1, -0.05) is 12.8 Å². The van der Waals surface area contributed by atoms with Crippen LogP contribution in [-0.2, 0) is 11.3 Å². The van der Waals surface area contributed by atoms with E-state index in [0.29, 0.717) is 12.8 Å². The van der Waals surface area contributed by atoms with Crippen molar-refractivity contribution in [3.63, 3.8) is 0 Å². The molecule has 8 nitrogen and oxygen atoms in total. The van der Waals surface area contributed by atoms with Crippen molar-refractivity contribution in [2.45, 2.75) is 37.8 Å². The molecule has 1 saturated carbocycles. The third-order valence-corrected chi connectivity index (χ3v) is 3.27. The summed E-state index contributed by atoms with van der Waals surface area (Å²) in [4.78, 5) is 21.5. The number of hydrogen-bond acceptors (Lipinski definition) is 5. The molecule has 2 N–H and O–H groups in total. The molecule has 0 unspecified atom stereocenters. The van der Waals surface area contributed by atoms with Crippen LogP contribution in [0, 0.1) is 10.1 Å². The third-order valence-electron chi connectivity index (χ3n) is 3.27. The summed E-state index contributed by atoms with van der Waals surface area (Å²) >= 11 is 0. The third kappa shape index (κ3) is 3.50. The molecule has 1 amide bonds. The Morgan fingerprint density at radius 2 is 2.26 bits per heavy atom. The van der Waals surface area contributed by atoms with Crippen molar-refractivity contribution in [1.82, 2.24) is 15.1 Å². The molecule has 8 heteroatoms. The average molecular weight is 268 g/mol. The molecule has 104 valence electrons. The zero-order valence-corrected chi connectivity index (χ0v) is 10.4. The standard InChI is InChI=1S/C11H16N4O4/c16-10(12-8-11(17)4-1-2-5-11)7-14-6-3-9(13-14)15(18)19/h3,6,17H,1-2,4-5,7-8H2,(H,12,16). The van der Waals surface area contributed by atoms with E-state index in [1.165, 1.54) is 16.9 Å². The predicted octanol–water partition coefficient (Wildman–Crippen LogP) is 0.213. The van der Waals surface area contributed by atoms with Crippen LogP contribution in [0.25, 0.3) is 0 Å². The second kappa shape index (κ2) is 5.35. The van der Waals surface area contributed by atoms with Gasteiger partial charge in [0.25, 0.3) is 0 Å². The zero-order valence-electron chi connectivity index (χ0n) is 10.4. The molecule has 1 fully saturated rings. The average Bonchev–Trinajstić information content (AvgIpc) is 2.97. The molecule has 0 aromatic carbocycles. The number of hydrogen-bond donors (Lipinski definition) is 2. The van der Waals surface area contributed by atoms with E-state index >= 15 is 0 Å². The molecule has 2 rings (SSSR count). The fraction of sp³-hybridized carbons (Fsp3) is 0.636. The van der Waals surface area contributed by atoms with Gasteiger partial charge >= 0.3 is 5.82 Å². The quantitative estimate of drug-likeness (QED) is 0.586. The molecule has 1 aliphatic rings. The number of carbonyl (C=O) groups is 1. The zero-order chi connectivity index (χ0) is 13.9. The largest absolute Gasteiger partial charge is 0.389 e. The molecule has 0 spiro atoms. The van der Waals surface area contributed by atoms with Crippen LogP contribution < -0.4 is 5.32 Å². The Morgan fingerprint density at radius 1 is 1.58 bits per heavy atom. The topological polar surface area (TPSA) is 110 Å². The van der Waals surface area contributed by atoms with E-state index in [2.05, 4.69) is 10.4 Å². The van der Waals surface area contributed by atoms with E-state index in [9.17, 15) is 20.0 Å². The van der Waals surface area contributed by atoms with E-state index in [-0.39, 0.29) is 24.8 Å². The van der Waals surface area contributed by atoms with E-state index in [4.69, 9.17) is 0 Å². The highest BCUT2D eigenvalue weighted by molar-refractivity contribution is 5.75. The lowest BCUT2D eigenvalue weighted by Gasteiger charge is -2.22. The monoisotopic (exact) mass is 268 g/mol. The molecule has 0 saturated heterocycles. The first-order valence-electron chi connectivity index (χ1n) is 6.15. The number of nitro groups is 1. The summed E-state index contributed by atoms with van der Waals surface area (Å²) in [5, 5.41) is 26.8. The summed E-state index contributed by atoms with van der Waals surface area (Å²) in [6, 6.07) is 1.23. The molecule has 1 aromatic rings. The van der Waals surface area contributed by atoms with E-state index in [1.807, 2.05) is 0 Å². The molecular weight excluding hydrogens is 252 g/mol. The number of carbonyl (C=O) groups excluding carboxylic acids is 1. The molecule has 0 atom stereocenters. The molecule has 1 heterocycles. The molecule has 1 aliphatic carbocycles. The van der Waals surface area contributed by atoms with Gasteiger partial charge in [-0.15, -0.1) is 0 Å². The van der Waals surface area contributed by atoms with Crippen LogP contribution in [0.4, 0.5) is 5.82 Å². The Morgan fingerprint density at radius 3 is 2.84 bits per heavy atom. The van der Waals surface area contributed by atoms with Crippen LogP contribution in [0.2, 0.25) is 0 Å². The van der Waals surface area contributed by atoms with Gasteiger partial charge in [0.05, 0.1) is 23.0 Å². The minimum atomic E-state index is -0.800. The van der Waals surface area contributed by atoms with Gasteiger partial charge in [0.2, 0.25) is 5.91 Å². The maximum Gasteiger partial charge on any atom is 0.389 e. The number of nitrogens with one attached hydrogen (secondary N) is 1. The number of amides is 1. The Labute approximate surface area is 109 Å². The summed E-state index contributed by atoms with van der Waals surface area (Å²) in [5.74, 6) is -0.611. The fourth-order valence-electron chi connectivity index (χ4n) is 2.21. The Kier molecular flexibility index (Phi) is 3.79. The van der Waals surface area contributed by atoms with Gasteiger partial charge in [-0.2, -0.15) is 4.68 Å². The lowest BCUT2D eigenvalue weighted by atomic mass is 10.0. The van der Waals surface area contributed by atoms with Gasteiger partial charge in [-0.05, 0) is 17.8 Å². The first-order valence-corrected chi connectivity index (χ1v) is 6.15. The van der Waals surface area contributed by atoms with Gasteiger partial charge < -0.3 is 20.5 Å². The Balaban J connectivity index is 1.82. The van der Waals surface area contributed by atoms with Crippen molar-refractivity contribution in [1.29, 1.82) is 0 Å². The van der Waals surface area contributed by atoms with E-state index < -0.39 is 10.5 Å². The molecule has 19 heavy (non-hydrogen) atoms. The van der Waals surface area contributed by atoms with Gasteiger partial charge in [0, 0.05) is 6.54 Å². The number of rotatable bonds is 5. The second-order valence-corrected chi connectivity index (χ2v) is 4.84. The SMILES string of the molecule is O=C(Cn1ccc([N+](=O)[O-])n1)NCC1(O)CCCC1. The molecular formula is C11H16N4O4. The molecule has 0 radical (unpaired) electrons. The summed E-state index contributed by atoms with van der Waals surface area (Å²) in [5.41, 5.74) is -0.800. The van der Waals surface area contributed by atoms with Crippen molar-refractivity contribution in [3.8, 4) is 0 Å². The number of aliphatic hydroxyl groups is 1. The lowest BCUT2D eigenvalue weighted by molar-refractivity contribution is -0.389. The van der Waals surface area contributed by atoms with Crippen LogP contribution in [0.1, 0.15) is 25.7 Å². The normalized spacial score (nSPS) is 17.3. The van der Waals surface area contributed by atoms with Crippen LogP contribution >= 0.6 is 0 Å². The van der Waals surface area contributed by atoms with Gasteiger partial charge in [0.1, 0.15) is 6.54 Å². The molecule has 1 aromatic heterocycles. The van der Waals surface area contributed by atoms with Crippen LogP contribution in [0.5, 0.6) is 0 Å². The highest BCUT2D eigenvalue weighted by Crippen LogP contribution is 2.28. The van der Waals surface area contributed by atoms with Crippen molar-refractivity contribution in [3.05, 3.63) is 22.4 Å². The summed E-state index contributed by atoms with van der Waals surface area (Å²) < 4.78 is 1.20. The van der Waals surface area contributed by atoms with Crippen LogP contribution in [0.3, 0.4) is 0 Å². The van der Waals surface area contributed by atoms with Crippen molar-refractivity contribution in [2.24, 2.45) is 0 Å². The number of nitrogens with zero attached hydrogens (tertiary/aromatic N) is 3. The Hall–Kier alpha value is -1.96. The molecule has 0 bridgehead atoms. The maximum absolute atomic E-state index is 11.6. The van der Waals surface area contributed by atoms with Gasteiger partial charge in [-0.3, -0.25) is 4.79 Å². The first kappa shape index (κ1) is 13.5. The van der Waals surface area contributed by atoms with Gasteiger partial charge in [-0.25, -0.2) is 0 Å². The minimum absolute atomic E-state index is 0.0933. The van der Waals surface area contributed by atoms with Crippen molar-refractivity contribution >= 4 is 11.7 Å². The van der Waals surface area contributed by atoms with E-state index in [0.717, 1.165) is 12.8 Å². The first-order chi connectivity index (χ1) is 8.98. The summed E-state index contributed by atoms with van der Waals surface area (Å²) in [7, 11) is 0. The van der Waals surface area contributed by atoms with Crippen molar-refractivity contribution in [2.75, 3.05) is 6.54 Å². The van der Waals surface area contributed by atoms with Crippen molar-refractivity contribution < 1.29 is 14.8 Å². The van der Waals surface area contributed by atoms with Crippen LogP contribution in [-0.4, -0.2) is 37.9 Å². The fourth-order valence-corrected chi connectivity index (χ4v) is 2.21. The Bertz CT molecular complexity index is 479. The number of aromatic nitrogens is 2. The highest BCUT2D eigenvalue weighted by atomic mass is 16.6. The summed E-state index contributed by atoms with van der Waals surface area (Å²) in [6.07, 6.45) is 4.71. The predicted molar refractivity (Wildman–Crippen MR) is 65.3 cm³/mol. The van der Waals surface area contributed by atoms with Gasteiger partial charge in [0.15, 0.2) is 0 Å².